The Hall–Kier alpha value is -6.12. The second-order valence-corrected chi connectivity index (χ2v) is 21.6. The molecule has 0 amide bonds. The van der Waals surface area contributed by atoms with Crippen LogP contribution < -0.4 is 0 Å². The fourth-order valence-corrected chi connectivity index (χ4v) is 13.0. The van der Waals surface area contributed by atoms with Crippen LogP contribution >= 0.6 is 0 Å². The van der Waals surface area contributed by atoms with Crippen molar-refractivity contribution in [1.82, 2.24) is 9.97 Å². The quantitative estimate of drug-likeness (QED) is 0.0564. The molecule has 2 aromatic heterocycles. The summed E-state index contributed by atoms with van der Waals surface area (Å²) in [5.41, 5.74) is 21.1. The summed E-state index contributed by atoms with van der Waals surface area (Å²) in [5.74, 6) is 0. The van der Waals surface area contributed by atoms with E-state index in [0.717, 1.165) is 28.0 Å². The number of aromatic nitrogens is 2. The fourth-order valence-electron chi connectivity index (χ4n) is 13.0. The lowest BCUT2D eigenvalue weighted by Crippen LogP contribution is -2.26. The number of unbranched alkanes of at least 4 members (excludes halogenated alkanes) is 12. The van der Waals surface area contributed by atoms with Crippen molar-refractivity contribution < 1.29 is 0 Å². The molecule has 0 spiro atoms. The minimum absolute atomic E-state index is 0.0622. The number of nitrogens with zero attached hydrogens (tertiary/aromatic N) is 2. The molecule has 72 heavy (non-hydrogen) atoms. The van der Waals surface area contributed by atoms with Gasteiger partial charge in [0.2, 0.25) is 0 Å². The zero-order valence-corrected chi connectivity index (χ0v) is 44.0. The van der Waals surface area contributed by atoms with Crippen LogP contribution in [0.1, 0.15) is 178 Å². The average molecular weight is 947 g/mol. The van der Waals surface area contributed by atoms with Crippen molar-refractivity contribution in [3.05, 3.63) is 180 Å². The lowest BCUT2D eigenvalue weighted by atomic mass is 9.69. The molecule has 2 heterocycles. The first-order valence-electron chi connectivity index (χ1n) is 28.5. The highest BCUT2D eigenvalue weighted by Crippen LogP contribution is 2.58. The molecule has 10 rings (SSSR count). The van der Waals surface area contributed by atoms with Crippen molar-refractivity contribution in [3.8, 4) is 67.2 Å². The van der Waals surface area contributed by atoms with Gasteiger partial charge in [-0.2, -0.15) is 0 Å². The van der Waals surface area contributed by atoms with Crippen LogP contribution in [-0.2, 0) is 10.8 Å². The highest BCUT2D eigenvalue weighted by Gasteiger charge is 2.44. The maximum absolute atomic E-state index is 5.32. The van der Waals surface area contributed by atoms with Crippen LogP contribution in [0.3, 0.4) is 0 Å². The molecule has 6 aromatic carbocycles. The van der Waals surface area contributed by atoms with Gasteiger partial charge in [0.1, 0.15) is 0 Å². The van der Waals surface area contributed by atoms with Gasteiger partial charge in [-0.3, -0.25) is 4.98 Å². The number of fused-ring (bicyclic) bond motifs is 7. The third kappa shape index (κ3) is 9.88. The van der Waals surface area contributed by atoms with Crippen LogP contribution in [-0.4, -0.2) is 9.97 Å². The number of hydrogen-bond acceptors (Lipinski definition) is 2. The summed E-state index contributed by atoms with van der Waals surface area (Å²) in [4.78, 5) is 10.3. The monoisotopic (exact) mass is 947 g/mol. The predicted octanol–water partition coefficient (Wildman–Crippen LogP) is 20.7. The number of rotatable bonds is 24. The Morgan fingerprint density at radius 1 is 0.306 bits per heavy atom. The third-order valence-electron chi connectivity index (χ3n) is 16.9. The normalized spacial score (nSPS) is 13.8. The van der Waals surface area contributed by atoms with Crippen LogP contribution in [0.5, 0.6) is 0 Å². The van der Waals surface area contributed by atoms with Gasteiger partial charge < -0.3 is 0 Å². The van der Waals surface area contributed by atoms with Crippen molar-refractivity contribution in [2.45, 2.75) is 167 Å². The van der Waals surface area contributed by atoms with E-state index >= 15 is 0 Å². The molecule has 0 atom stereocenters. The van der Waals surface area contributed by atoms with Gasteiger partial charge in [0.25, 0.3) is 0 Å². The van der Waals surface area contributed by atoms with Gasteiger partial charge in [-0.1, -0.05) is 246 Å². The molecule has 0 radical (unpaired) electrons. The highest BCUT2D eigenvalue weighted by molar-refractivity contribution is 5.90. The summed E-state index contributed by atoms with van der Waals surface area (Å²) < 4.78 is 0. The maximum atomic E-state index is 5.32. The van der Waals surface area contributed by atoms with Crippen LogP contribution in [0.4, 0.5) is 0 Å². The van der Waals surface area contributed by atoms with Gasteiger partial charge >= 0.3 is 0 Å². The largest absolute Gasteiger partial charge is 0.254 e. The first-order chi connectivity index (χ1) is 35.5. The maximum Gasteiger partial charge on any atom is 0.0900 e. The van der Waals surface area contributed by atoms with Crippen molar-refractivity contribution >= 4 is 10.8 Å². The highest BCUT2D eigenvalue weighted by atomic mass is 14.8. The van der Waals surface area contributed by atoms with Gasteiger partial charge in [-0.05, 0) is 134 Å². The van der Waals surface area contributed by atoms with Crippen LogP contribution in [0.25, 0.3) is 77.9 Å². The number of hydrogen-bond donors (Lipinski definition) is 0. The zero-order chi connectivity index (χ0) is 49.3. The Morgan fingerprint density at radius 2 is 0.736 bits per heavy atom. The molecule has 8 aromatic rings. The fraction of sp³-hybridized carbons (Fsp3) is 0.371. The molecule has 368 valence electrons. The molecule has 2 heteroatoms. The van der Waals surface area contributed by atoms with E-state index < -0.39 is 0 Å². The molecule has 2 aliphatic rings. The van der Waals surface area contributed by atoms with Crippen molar-refractivity contribution in [1.29, 1.82) is 0 Å². The Labute approximate surface area is 432 Å². The Morgan fingerprint density at radius 3 is 1.26 bits per heavy atom. The van der Waals surface area contributed by atoms with E-state index in [1.807, 2.05) is 6.20 Å². The molecule has 0 saturated carbocycles. The second-order valence-electron chi connectivity index (χ2n) is 21.6. The summed E-state index contributed by atoms with van der Waals surface area (Å²) in [7, 11) is 0. The molecule has 0 bridgehead atoms. The van der Waals surface area contributed by atoms with E-state index in [-0.39, 0.29) is 10.8 Å². The summed E-state index contributed by atoms with van der Waals surface area (Å²) in [5, 5.41) is 2.32. The van der Waals surface area contributed by atoms with Crippen LogP contribution in [0.2, 0.25) is 0 Å². The van der Waals surface area contributed by atoms with Gasteiger partial charge in [-0.25, -0.2) is 4.98 Å². The molecular formula is C70H78N2. The second kappa shape index (κ2) is 22.7. The first kappa shape index (κ1) is 49.5. The minimum Gasteiger partial charge on any atom is -0.254 e. The molecule has 0 aliphatic heterocycles. The van der Waals surface area contributed by atoms with Crippen molar-refractivity contribution in [2.75, 3.05) is 0 Å². The molecule has 2 aliphatic carbocycles. The molecule has 0 N–H and O–H groups in total. The molecule has 0 saturated heterocycles. The van der Waals surface area contributed by atoms with E-state index in [1.54, 1.807) is 16.7 Å². The van der Waals surface area contributed by atoms with Gasteiger partial charge in [0.15, 0.2) is 0 Å². The zero-order valence-electron chi connectivity index (χ0n) is 44.0. The van der Waals surface area contributed by atoms with E-state index in [1.165, 1.54) is 184 Å². The van der Waals surface area contributed by atoms with Gasteiger partial charge in [-0.15, -0.1) is 0 Å². The Kier molecular flexibility index (Phi) is 15.6. The van der Waals surface area contributed by atoms with Gasteiger partial charge in [0.05, 0.1) is 17.1 Å². The summed E-state index contributed by atoms with van der Waals surface area (Å²) in [6.45, 7) is 9.38. The summed E-state index contributed by atoms with van der Waals surface area (Å²) >= 11 is 0. The van der Waals surface area contributed by atoms with Crippen molar-refractivity contribution in [3.63, 3.8) is 0 Å². The average Bonchev–Trinajstić information content (AvgIpc) is 3.86. The number of pyridine rings is 2. The summed E-state index contributed by atoms with van der Waals surface area (Å²) in [6, 6.07) is 58.2. The lowest BCUT2D eigenvalue weighted by Gasteiger charge is -2.34. The lowest BCUT2D eigenvalue weighted by molar-refractivity contribution is 0.401. The summed E-state index contributed by atoms with van der Waals surface area (Å²) in [6.07, 6.45) is 27.2. The van der Waals surface area contributed by atoms with E-state index in [4.69, 9.17) is 9.97 Å². The van der Waals surface area contributed by atoms with Crippen molar-refractivity contribution in [2.24, 2.45) is 0 Å². The van der Waals surface area contributed by atoms with E-state index in [0.29, 0.717) is 0 Å². The minimum atomic E-state index is -0.0779. The molecule has 0 unspecified atom stereocenters. The van der Waals surface area contributed by atoms with E-state index in [9.17, 15) is 0 Å². The van der Waals surface area contributed by atoms with E-state index in [2.05, 4.69) is 179 Å². The third-order valence-corrected chi connectivity index (χ3v) is 16.9. The topological polar surface area (TPSA) is 25.8 Å². The standard InChI is InChI=1S/C70H78N2/c1-5-9-13-24-40-69(41-25-14-10-6-2)62-33-23-22-32-58(62)59-37-34-53(44-63(59)69)54-35-38-60-61-39-36-55(46-65(61)70(64(60)45-54,42-26-15-11-7-3)43-27-16-12-8-4)57-48-66(51-28-18-17-19-29-51)72-68(49-57)67-47-52-30-20-21-31-56(52)50-71-67/h17-23,28-39,44-50H,5-16,24-27,40-43H2,1-4H3. The molecular weight excluding hydrogens is 869 g/mol. The number of benzene rings is 6. The first-order valence-corrected chi connectivity index (χ1v) is 28.5. The van der Waals surface area contributed by atoms with Crippen LogP contribution in [0, 0.1) is 0 Å². The predicted molar refractivity (Wildman–Crippen MR) is 309 cm³/mol. The Balaban J connectivity index is 1.10. The molecule has 2 nitrogen and oxygen atoms in total. The Bertz CT molecular complexity index is 3080. The van der Waals surface area contributed by atoms with Gasteiger partial charge in [0, 0.05) is 28.0 Å². The smallest absolute Gasteiger partial charge is 0.0900 e. The SMILES string of the molecule is CCCCCCC1(CCCCCC)c2ccccc2-c2ccc(-c3ccc4c(c3)C(CCCCCC)(CCCCCC)c3cc(-c5cc(-c6ccccc6)nc(-c6cc7ccccc7cn6)c5)ccc3-4)cc21. The molecule has 0 fully saturated rings. The van der Waals surface area contributed by atoms with Crippen LogP contribution in [0.15, 0.2) is 158 Å².